The number of nitrogens with one attached hydrogen (secondary N) is 1. The van der Waals surface area contributed by atoms with Crippen molar-refractivity contribution in [3.63, 3.8) is 0 Å². The molecule has 0 saturated carbocycles. The van der Waals surface area contributed by atoms with Crippen molar-refractivity contribution in [1.29, 1.82) is 0 Å². The summed E-state index contributed by atoms with van der Waals surface area (Å²) in [5, 5.41) is 4.17. The number of carbonyl (C=O) groups is 1. The molecule has 20 heavy (non-hydrogen) atoms. The first kappa shape index (κ1) is 13.9. The summed E-state index contributed by atoms with van der Waals surface area (Å²) in [6.07, 6.45) is 1.54. The van der Waals surface area contributed by atoms with Crippen molar-refractivity contribution >= 4 is 17.5 Å². The van der Waals surface area contributed by atoms with Crippen molar-refractivity contribution in [2.45, 2.75) is 25.8 Å². The molecule has 0 radical (unpaired) electrons. The molecule has 0 bridgehead atoms. The van der Waals surface area contributed by atoms with E-state index in [-0.39, 0.29) is 5.91 Å². The SMILES string of the molecule is CCC1C2CNCC2CN1C(=O)Cc1ccc(Cl)cc1. The summed E-state index contributed by atoms with van der Waals surface area (Å²) < 4.78 is 0. The Hall–Kier alpha value is -1.06. The molecule has 3 unspecified atom stereocenters. The lowest BCUT2D eigenvalue weighted by atomic mass is 9.93. The second-order valence-corrected chi connectivity index (χ2v) is 6.34. The highest BCUT2D eigenvalue weighted by atomic mass is 35.5. The summed E-state index contributed by atoms with van der Waals surface area (Å²) in [6.45, 7) is 5.23. The van der Waals surface area contributed by atoms with Gasteiger partial charge in [-0.3, -0.25) is 4.79 Å². The Morgan fingerprint density at radius 3 is 2.80 bits per heavy atom. The van der Waals surface area contributed by atoms with E-state index in [9.17, 15) is 4.79 Å². The second kappa shape index (κ2) is 5.74. The molecule has 1 amide bonds. The Balaban J connectivity index is 1.69. The van der Waals surface area contributed by atoms with Crippen LogP contribution in [-0.2, 0) is 11.2 Å². The van der Waals surface area contributed by atoms with Crippen LogP contribution in [0.5, 0.6) is 0 Å². The summed E-state index contributed by atoms with van der Waals surface area (Å²) in [6, 6.07) is 8.00. The number of hydrogen-bond acceptors (Lipinski definition) is 2. The highest BCUT2D eigenvalue weighted by Gasteiger charge is 2.44. The maximum atomic E-state index is 12.6. The predicted molar refractivity (Wildman–Crippen MR) is 80.8 cm³/mol. The number of fused-ring (bicyclic) bond motifs is 1. The van der Waals surface area contributed by atoms with Gasteiger partial charge in [0.15, 0.2) is 0 Å². The molecule has 0 spiro atoms. The zero-order chi connectivity index (χ0) is 14.1. The highest BCUT2D eigenvalue weighted by molar-refractivity contribution is 6.30. The fourth-order valence-electron chi connectivity index (χ4n) is 3.71. The molecular formula is C16H21ClN2O. The van der Waals surface area contributed by atoms with Crippen LogP contribution in [0, 0.1) is 11.8 Å². The third-order valence-corrected chi connectivity index (χ3v) is 4.98. The van der Waals surface area contributed by atoms with E-state index in [0.29, 0.717) is 24.3 Å². The summed E-state index contributed by atoms with van der Waals surface area (Å²) in [5.41, 5.74) is 1.05. The monoisotopic (exact) mass is 292 g/mol. The number of rotatable bonds is 3. The molecule has 2 fully saturated rings. The van der Waals surface area contributed by atoms with Crippen LogP contribution in [0.4, 0.5) is 0 Å². The first-order valence-corrected chi connectivity index (χ1v) is 7.81. The molecular weight excluding hydrogens is 272 g/mol. The van der Waals surface area contributed by atoms with E-state index in [1.54, 1.807) is 0 Å². The summed E-state index contributed by atoms with van der Waals surface area (Å²) in [4.78, 5) is 14.7. The third kappa shape index (κ3) is 2.57. The van der Waals surface area contributed by atoms with Crippen molar-refractivity contribution in [1.82, 2.24) is 10.2 Å². The molecule has 3 rings (SSSR count). The quantitative estimate of drug-likeness (QED) is 0.927. The number of benzene rings is 1. The van der Waals surface area contributed by atoms with Gasteiger partial charge in [-0.15, -0.1) is 0 Å². The van der Waals surface area contributed by atoms with Gasteiger partial charge < -0.3 is 10.2 Å². The molecule has 2 saturated heterocycles. The van der Waals surface area contributed by atoms with Crippen LogP contribution in [0.25, 0.3) is 0 Å². The van der Waals surface area contributed by atoms with Gasteiger partial charge in [-0.25, -0.2) is 0 Å². The first-order chi connectivity index (χ1) is 9.69. The largest absolute Gasteiger partial charge is 0.339 e. The fourth-order valence-corrected chi connectivity index (χ4v) is 3.84. The molecule has 0 aliphatic carbocycles. The van der Waals surface area contributed by atoms with Crippen molar-refractivity contribution in [2.24, 2.45) is 11.8 Å². The summed E-state index contributed by atoms with van der Waals surface area (Å²) in [7, 11) is 0. The van der Waals surface area contributed by atoms with Gasteiger partial charge in [0.2, 0.25) is 5.91 Å². The van der Waals surface area contributed by atoms with E-state index in [4.69, 9.17) is 11.6 Å². The molecule has 108 valence electrons. The smallest absolute Gasteiger partial charge is 0.227 e. The third-order valence-electron chi connectivity index (χ3n) is 4.73. The van der Waals surface area contributed by atoms with Crippen LogP contribution in [0.15, 0.2) is 24.3 Å². The molecule has 1 aromatic carbocycles. The standard InChI is InChI=1S/C16H21ClN2O/c1-2-15-14-9-18-8-12(14)10-19(15)16(20)7-11-3-5-13(17)6-4-11/h3-6,12,14-15,18H,2,7-10H2,1H3. The molecule has 1 N–H and O–H groups in total. The number of carbonyl (C=O) groups excluding carboxylic acids is 1. The zero-order valence-corrected chi connectivity index (χ0v) is 12.6. The van der Waals surface area contributed by atoms with Gasteiger partial charge in [0.25, 0.3) is 0 Å². The molecule has 3 nitrogen and oxygen atoms in total. The number of halogens is 1. The number of hydrogen-bond donors (Lipinski definition) is 1. The minimum absolute atomic E-state index is 0.258. The lowest BCUT2D eigenvalue weighted by molar-refractivity contribution is -0.131. The van der Waals surface area contributed by atoms with Gasteiger partial charge >= 0.3 is 0 Å². The minimum Gasteiger partial charge on any atom is -0.339 e. The van der Waals surface area contributed by atoms with Gasteiger partial charge in [-0.1, -0.05) is 30.7 Å². The van der Waals surface area contributed by atoms with Gasteiger partial charge in [-0.05, 0) is 36.0 Å². The summed E-state index contributed by atoms with van der Waals surface area (Å²) >= 11 is 5.88. The molecule has 0 aromatic heterocycles. The Bertz CT molecular complexity index is 488. The van der Waals surface area contributed by atoms with E-state index >= 15 is 0 Å². The average Bonchev–Trinajstić information content (AvgIpc) is 3.01. The van der Waals surface area contributed by atoms with Crippen LogP contribution in [-0.4, -0.2) is 36.5 Å². The van der Waals surface area contributed by atoms with E-state index in [2.05, 4.69) is 17.1 Å². The number of amides is 1. The van der Waals surface area contributed by atoms with E-state index in [1.807, 2.05) is 24.3 Å². The maximum absolute atomic E-state index is 12.6. The molecule has 2 aliphatic heterocycles. The van der Waals surface area contributed by atoms with E-state index in [0.717, 1.165) is 36.6 Å². The Morgan fingerprint density at radius 2 is 2.10 bits per heavy atom. The van der Waals surface area contributed by atoms with Gasteiger partial charge in [-0.2, -0.15) is 0 Å². The second-order valence-electron chi connectivity index (χ2n) is 5.91. The topological polar surface area (TPSA) is 32.3 Å². The zero-order valence-electron chi connectivity index (χ0n) is 11.8. The van der Waals surface area contributed by atoms with Crippen molar-refractivity contribution < 1.29 is 4.79 Å². The Morgan fingerprint density at radius 1 is 1.35 bits per heavy atom. The Labute approximate surface area is 125 Å². The van der Waals surface area contributed by atoms with Gasteiger partial charge in [0.05, 0.1) is 6.42 Å². The average molecular weight is 293 g/mol. The molecule has 2 heterocycles. The normalized spacial score (nSPS) is 28.7. The van der Waals surface area contributed by atoms with Crippen LogP contribution in [0.2, 0.25) is 5.02 Å². The van der Waals surface area contributed by atoms with E-state index < -0.39 is 0 Å². The molecule has 4 heteroatoms. The van der Waals surface area contributed by atoms with Crippen molar-refractivity contribution in [3.8, 4) is 0 Å². The van der Waals surface area contributed by atoms with Crippen LogP contribution >= 0.6 is 11.6 Å². The van der Waals surface area contributed by atoms with Crippen LogP contribution < -0.4 is 5.32 Å². The summed E-state index contributed by atoms with van der Waals surface area (Å²) in [5.74, 6) is 1.55. The lowest BCUT2D eigenvalue weighted by Gasteiger charge is -2.27. The number of likely N-dealkylation sites (tertiary alicyclic amines) is 1. The Kier molecular flexibility index (Phi) is 3.99. The predicted octanol–water partition coefficient (Wildman–Crippen LogP) is 2.34. The number of nitrogens with zero attached hydrogens (tertiary/aromatic N) is 1. The highest BCUT2D eigenvalue weighted by Crippen LogP contribution is 2.34. The van der Waals surface area contributed by atoms with Crippen LogP contribution in [0.3, 0.4) is 0 Å². The molecule has 2 aliphatic rings. The van der Waals surface area contributed by atoms with Gasteiger partial charge in [0.1, 0.15) is 0 Å². The molecule has 3 atom stereocenters. The van der Waals surface area contributed by atoms with Crippen molar-refractivity contribution in [3.05, 3.63) is 34.9 Å². The lowest BCUT2D eigenvalue weighted by Crippen LogP contribution is -2.40. The fraction of sp³-hybridized carbons (Fsp3) is 0.562. The molecule has 1 aromatic rings. The minimum atomic E-state index is 0.258. The van der Waals surface area contributed by atoms with Crippen LogP contribution in [0.1, 0.15) is 18.9 Å². The first-order valence-electron chi connectivity index (χ1n) is 7.43. The van der Waals surface area contributed by atoms with E-state index in [1.165, 1.54) is 0 Å². The van der Waals surface area contributed by atoms with Gasteiger partial charge in [0, 0.05) is 30.7 Å². The van der Waals surface area contributed by atoms with Crippen molar-refractivity contribution in [2.75, 3.05) is 19.6 Å². The maximum Gasteiger partial charge on any atom is 0.227 e.